The van der Waals surface area contributed by atoms with Gasteiger partial charge in [-0.25, -0.2) is 0 Å². The molecule has 1 N–H and O–H groups in total. The largest absolute Gasteiger partial charge is 0.481 e. The van der Waals surface area contributed by atoms with Gasteiger partial charge in [0.05, 0.1) is 5.92 Å². The summed E-state index contributed by atoms with van der Waals surface area (Å²) < 4.78 is 0. The molecule has 0 heterocycles. The van der Waals surface area contributed by atoms with Crippen LogP contribution in [0.2, 0.25) is 0 Å². The molecular weight excluding hydrogens is 164 g/mol. The first kappa shape index (κ1) is 7.84. The highest BCUT2D eigenvalue weighted by Gasteiger charge is 2.55. The molecule has 2 heteroatoms. The molecule has 3 saturated carbocycles. The molecule has 72 valence electrons. The number of aliphatic carboxylic acids is 1. The van der Waals surface area contributed by atoms with Gasteiger partial charge in [0.2, 0.25) is 0 Å². The van der Waals surface area contributed by atoms with E-state index in [1.54, 1.807) is 0 Å². The summed E-state index contributed by atoms with van der Waals surface area (Å²) in [7, 11) is 0. The van der Waals surface area contributed by atoms with E-state index in [0.29, 0.717) is 5.92 Å². The van der Waals surface area contributed by atoms with Crippen molar-refractivity contribution in [2.45, 2.75) is 32.1 Å². The number of rotatable bonds is 1. The van der Waals surface area contributed by atoms with Gasteiger partial charge in [-0.1, -0.05) is 0 Å². The fraction of sp³-hybridized carbons (Fsp3) is 0.909. The van der Waals surface area contributed by atoms with Crippen LogP contribution in [0.5, 0.6) is 0 Å². The van der Waals surface area contributed by atoms with Crippen LogP contribution in [0.1, 0.15) is 32.1 Å². The first-order chi connectivity index (χ1) is 6.27. The summed E-state index contributed by atoms with van der Waals surface area (Å²) in [5.74, 6) is 2.52. The Bertz CT molecular complexity index is 248. The predicted octanol–water partition coefficient (Wildman–Crippen LogP) is 2.14. The van der Waals surface area contributed by atoms with Crippen LogP contribution in [0.25, 0.3) is 0 Å². The first-order valence-electron chi connectivity index (χ1n) is 5.50. The maximum Gasteiger partial charge on any atom is 0.306 e. The molecule has 0 spiro atoms. The van der Waals surface area contributed by atoms with Gasteiger partial charge in [-0.2, -0.15) is 0 Å². The Labute approximate surface area is 78.3 Å². The maximum absolute atomic E-state index is 11.0. The molecule has 13 heavy (non-hydrogen) atoms. The standard InChI is InChI=1S/C11H16O2/c12-11(13)9-4-3-8-6-1-2-7(5-6)10(8)9/h6-10H,1-5H2,(H,12,13)/t6-,7-,8+,9+,10-/m0/s1. The van der Waals surface area contributed by atoms with Gasteiger partial charge in [0.25, 0.3) is 0 Å². The third kappa shape index (κ3) is 0.918. The summed E-state index contributed by atoms with van der Waals surface area (Å²) in [4.78, 5) is 11.0. The Kier molecular flexibility index (Phi) is 1.50. The first-order valence-corrected chi connectivity index (χ1v) is 5.50. The minimum atomic E-state index is -0.528. The molecule has 2 bridgehead atoms. The molecule has 2 nitrogen and oxygen atoms in total. The van der Waals surface area contributed by atoms with Gasteiger partial charge in [0.15, 0.2) is 0 Å². The lowest BCUT2D eigenvalue weighted by Crippen LogP contribution is -2.26. The minimum Gasteiger partial charge on any atom is -0.481 e. The zero-order chi connectivity index (χ0) is 9.00. The van der Waals surface area contributed by atoms with Crippen LogP contribution < -0.4 is 0 Å². The van der Waals surface area contributed by atoms with E-state index in [0.717, 1.165) is 24.2 Å². The Morgan fingerprint density at radius 1 is 1.08 bits per heavy atom. The minimum absolute atomic E-state index is 0.0142. The number of carboxylic acid groups (broad SMARTS) is 1. The molecule has 0 aliphatic heterocycles. The molecule has 3 aliphatic carbocycles. The van der Waals surface area contributed by atoms with Crippen molar-refractivity contribution in [2.75, 3.05) is 0 Å². The van der Waals surface area contributed by atoms with E-state index in [-0.39, 0.29) is 5.92 Å². The molecule has 0 aromatic carbocycles. The lowest BCUT2D eigenvalue weighted by molar-refractivity contribution is -0.143. The maximum atomic E-state index is 11.0. The van der Waals surface area contributed by atoms with Crippen molar-refractivity contribution in [3.63, 3.8) is 0 Å². The molecule has 0 aromatic rings. The van der Waals surface area contributed by atoms with Gasteiger partial charge in [0, 0.05) is 0 Å². The van der Waals surface area contributed by atoms with Gasteiger partial charge in [-0.3, -0.25) is 4.79 Å². The monoisotopic (exact) mass is 180 g/mol. The van der Waals surface area contributed by atoms with Crippen molar-refractivity contribution in [2.24, 2.45) is 29.6 Å². The second-order valence-electron chi connectivity index (χ2n) is 5.10. The Morgan fingerprint density at radius 2 is 1.85 bits per heavy atom. The number of hydrogen-bond acceptors (Lipinski definition) is 1. The lowest BCUT2D eigenvalue weighted by Gasteiger charge is -2.26. The van der Waals surface area contributed by atoms with Crippen LogP contribution in [0, 0.1) is 29.6 Å². The van der Waals surface area contributed by atoms with Crippen LogP contribution >= 0.6 is 0 Å². The molecule has 0 amide bonds. The topological polar surface area (TPSA) is 37.3 Å². The quantitative estimate of drug-likeness (QED) is 0.671. The molecule has 3 rings (SSSR count). The van der Waals surface area contributed by atoms with Crippen molar-refractivity contribution in [3.05, 3.63) is 0 Å². The predicted molar refractivity (Wildman–Crippen MR) is 48.2 cm³/mol. The number of fused-ring (bicyclic) bond motifs is 5. The third-order valence-corrected chi connectivity index (χ3v) is 4.75. The fourth-order valence-corrected chi connectivity index (χ4v) is 4.36. The highest BCUT2D eigenvalue weighted by atomic mass is 16.4. The van der Waals surface area contributed by atoms with Crippen molar-refractivity contribution >= 4 is 5.97 Å². The molecule has 3 fully saturated rings. The number of carboxylic acids is 1. The molecule has 0 radical (unpaired) electrons. The molecule has 3 aliphatic rings. The van der Waals surface area contributed by atoms with Crippen molar-refractivity contribution in [1.29, 1.82) is 0 Å². The summed E-state index contributed by atoms with van der Waals surface area (Å²) in [5.41, 5.74) is 0. The summed E-state index contributed by atoms with van der Waals surface area (Å²) in [6.45, 7) is 0. The normalized spacial score (nSPS) is 52.5. The van der Waals surface area contributed by atoms with Crippen LogP contribution in [0.3, 0.4) is 0 Å². The average Bonchev–Trinajstić information content (AvgIpc) is 2.76. The molecule has 0 aromatic heterocycles. The summed E-state index contributed by atoms with van der Waals surface area (Å²) in [6, 6.07) is 0. The van der Waals surface area contributed by atoms with Crippen LogP contribution in [0.4, 0.5) is 0 Å². The van der Waals surface area contributed by atoms with E-state index in [4.69, 9.17) is 5.11 Å². The SMILES string of the molecule is O=C(O)[C@@H]1CC[C@@H]2[C@H]3CC[C@@H](C3)[C@@H]21. The number of carbonyl (C=O) groups is 1. The smallest absolute Gasteiger partial charge is 0.306 e. The van der Waals surface area contributed by atoms with Gasteiger partial charge >= 0.3 is 5.97 Å². The molecular formula is C11H16O2. The molecule has 0 unspecified atom stereocenters. The summed E-state index contributed by atoms with van der Waals surface area (Å²) in [5, 5.41) is 9.09. The van der Waals surface area contributed by atoms with Crippen molar-refractivity contribution < 1.29 is 9.90 Å². The Hall–Kier alpha value is -0.530. The van der Waals surface area contributed by atoms with E-state index in [1.807, 2.05) is 0 Å². The van der Waals surface area contributed by atoms with Gasteiger partial charge in [0.1, 0.15) is 0 Å². The zero-order valence-corrected chi connectivity index (χ0v) is 7.78. The molecule has 0 saturated heterocycles. The van der Waals surface area contributed by atoms with Crippen molar-refractivity contribution in [3.8, 4) is 0 Å². The van der Waals surface area contributed by atoms with E-state index in [2.05, 4.69) is 0 Å². The Morgan fingerprint density at radius 3 is 2.62 bits per heavy atom. The average molecular weight is 180 g/mol. The van der Waals surface area contributed by atoms with Gasteiger partial charge in [-0.05, 0) is 55.8 Å². The summed E-state index contributed by atoms with van der Waals surface area (Å²) >= 11 is 0. The second kappa shape index (κ2) is 2.49. The fourth-order valence-electron chi connectivity index (χ4n) is 4.36. The molecule has 5 atom stereocenters. The third-order valence-electron chi connectivity index (χ3n) is 4.75. The van der Waals surface area contributed by atoms with Crippen LogP contribution in [-0.2, 0) is 4.79 Å². The van der Waals surface area contributed by atoms with Crippen LogP contribution in [0.15, 0.2) is 0 Å². The number of hydrogen-bond donors (Lipinski definition) is 1. The van der Waals surface area contributed by atoms with Gasteiger partial charge < -0.3 is 5.11 Å². The highest BCUT2D eigenvalue weighted by Crippen LogP contribution is 2.60. The van der Waals surface area contributed by atoms with Crippen LogP contribution in [-0.4, -0.2) is 11.1 Å². The summed E-state index contributed by atoms with van der Waals surface area (Å²) in [6.07, 6.45) is 6.20. The van der Waals surface area contributed by atoms with Gasteiger partial charge in [-0.15, -0.1) is 0 Å². The highest BCUT2D eigenvalue weighted by molar-refractivity contribution is 5.71. The van der Waals surface area contributed by atoms with Crippen molar-refractivity contribution in [1.82, 2.24) is 0 Å². The lowest BCUT2D eigenvalue weighted by atomic mass is 9.78. The van der Waals surface area contributed by atoms with E-state index >= 15 is 0 Å². The Balaban J connectivity index is 1.87. The van der Waals surface area contributed by atoms with E-state index < -0.39 is 5.97 Å². The second-order valence-corrected chi connectivity index (χ2v) is 5.10. The zero-order valence-electron chi connectivity index (χ0n) is 7.78. The van der Waals surface area contributed by atoms with E-state index in [1.165, 1.54) is 25.7 Å². The van der Waals surface area contributed by atoms with E-state index in [9.17, 15) is 4.79 Å².